The van der Waals surface area contributed by atoms with Gasteiger partial charge in [0.15, 0.2) is 0 Å². The summed E-state index contributed by atoms with van der Waals surface area (Å²) in [5.74, 6) is -1.25. The Labute approximate surface area is 157 Å². The fourth-order valence-electron chi connectivity index (χ4n) is 2.12. The SMILES string of the molecule is O=C(Cc1csc(-c2ccc(F)cc2)n1)N/N=C\c1c(F)cccc1Cl. The molecule has 0 atom stereocenters. The Kier molecular flexibility index (Phi) is 5.70. The van der Waals surface area contributed by atoms with Gasteiger partial charge < -0.3 is 0 Å². The molecule has 4 nitrogen and oxygen atoms in total. The van der Waals surface area contributed by atoms with E-state index in [-0.39, 0.29) is 22.8 Å². The summed E-state index contributed by atoms with van der Waals surface area (Å²) in [5.41, 5.74) is 3.74. The number of thiazole rings is 1. The molecule has 0 saturated carbocycles. The van der Waals surface area contributed by atoms with E-state index in [0.29, 0.717) is 10.7 Å². The van der Waals surface area contributed by atoms with Crippen LogP contribution in [0.25, 0.3) is 10.6 Å². The molecule has 0 radical (unpaired) electrons. The van der Waals surface area contributed by atoms with Crippen molar-refractivity contribution in [3.63, 3.8) is 0 Å². The molecule has 1 amide bonds. The summed E-state index contributed by atoms with van der Waals surface area (Å²) in [6.45, 7) is 0. The monoisotopic (exact) mass is 391 g/mol. The van der Waals surface area contributed by atoms with Crippen LogP contribution in [0.1, 0.15) is 11.3 Å². The van der Waals surface area contributed by atoms with Gasteiger partial charge in [-0.2, -0.15) is 5.10 Å². The van der Waals surface area contributed by atoms with Crippen molar-refractivity contribution in [1.82, 2.24) is 10.4 Å². The Bertz CT molecular complexity index is 937. The summed E-state index contributed by atoms with van der Waals surface area (Å²) in [6.07, 6.45) is 1.17. The van der Waals surface area contributed by atoms with Gasteiger partial charge in [-0.05, 0) is 36.4 Å². The maximum Gasteiger partial charge on any atom is 0.246 e. The summed E-state index contributed by atoms with van der Waals surface area (Å²) >= 11 is 7.23. The zero-order valence-electron chi connectivity index (χ0n) is 13.2. The number of carbonyl (C=O) groups excluding carboxylic acids is 1. The second-order valence-corrected chi connectivity index (χ2v) is 6.52. The number of aromatic nitrogens is 1. The van der Waals surface area contributed by atoms with E-state index in [4.69, 9.17) is 11.6 Å². The number of halogens is 3. The molecule has 3 rings (SSSR count). The van der Waals surface area contributed by atoms with Crippen LogP contribution in [0.2, 0.25) is 5.02 Å². The fraction of sp³-hybridized carbons (Fsp3) is 0.0556. The predicted molar refractivity (Wildman–Crippen MR) is 98.4 cm³/mol. The molecule has 0 aliphatic heterocycles. The predicted octanol–water partition coefficient (Wildman–Crippen LogP) is 4.43. The third kappa shape index (κ3) is 4.50. The van der Waals surface area contributed by atoms with Crippen molar-refractivity contribution in [2.75, 3.05) is 0 Å². The number of hydrazone groups is 1. The van der Waals surface area contributed by atoms with E-state index in [2.05, 4.69) is 15.5 Å². The van der Waals surface area contributed by atoms with Gasteiger partial charge in [0.2, 0.25) is 5.91 Å². The highest BCUT2D eigenvalue weighted by Gasteiger charge is 2.09. The lowest BCUT2D eigenvalue weighted by Gasteiger charge is -2.00. The number of rotatable bonds is 5. The zero-order chi connectivity index (χ0) is 18.5. The second-order valence-electron chi connectivity index (χ2n) is 5.26. The Balaban J connectivity index is 1.60. The second kappa shape index (κ2) is 8.16. The smallest absolute Gasteiger partial charge is 0.246 e. The van der Waals surface area contributed by atoms with Crippen LogP contribution in [0.3, 0.4) is 0 Å². The summed E-state index contributed by atoms with van der Waals surface area (Å²) in [6, 6.07) is 10.2. The van der Waals surface area contributed by atoms with Crippen LogP contribution in [-0.2, 0) is 11.2 Å². The number of benzene rings is 2. The van der Waals surface area contributed by atoms with Gasteiger partial charge in [-0.25, -0.2) is 19.2 Å². The Morgan fingerprint density at radius 1 is 1.23 bits per heavy atom. The highest BCUT2D eigenvalue weighted by atomic mass is 35.5. The van der Waals surface area contributed by atoms with Crippen LogP contribution in [-0.4, -0.2) is 17.1 Å². The summed E-state index contributed by atoms with van der Waals surface area (Å²) in [7, 11) is 0. The number of amides is 1. The van der Waals surface area contributed by atoms with Crippen molar-refractivity contribution in [2.45, 2.75) is 6.42 Å². The largest absolute Gasteiger partial charge is 0.273 e. The van der Waals surface area contributed by atoms with Crippen LogP contribution < -0.4 is 5.43 Å². The molecular formula is C18H12ClF2N3OS. The average Bonchev–Trinajstić information content (AvgIpc) is 3.06. The molecule has 26 heavy (non-hydrogen) atoms. The van der Waals surface area contributed by atoms with Gasteiger partial charge in [-0.15, -0.1) is 11.3 Å². The number of nitrogens with one attached hydrogen (secondary N) is 1. The van der Waals surface area contributed by atoms with Crippen molar-refractivity contribution in [2.24, 2.45) is 5.10 Å². The first kappa shape index (κ1) is 18.2. The Morgan fingerprint density at radius 3 is 2.73 bits per heavy atom. The lowest BCUT2D eigenvalue weighted by atomic mass is 10.2. The molecule has 0 bridgehead atoms. The minimum atomic E-state index is -0.529. The molecule has 8 heteroatoms. The summed E-state index contributed by atoms with van der Waals surface area (Å²) in [4.78, 5) is 16.3. The van der Waals surface area contributed by atoms with Gasteiger partial charge in [-0.1, -0.05) is 17.7 Å². The zero-order valence-corrected chi connectivity index (χ0v) is 14.8. The third-order valence-electron chi connectivity index (χ3n) is 3.37. The highest BCUT2D eigenvalue weighted by molar-refractivity contribution is 7.13. The molecule has 1 heterocycles. The van der Waals surface area contributed by atoms with Crippen LogP contribution in [0.5, 0.6) is 0 Å². The van der Waals surface area contributed by atoms with Crippen LogP contribution in [0.4, 0.5) is 8.78 Å². The van der Waals surface area contributed by atoms with E-state index < -0.39 is 11.7 Å². The number of hydrogen-bond acceptors (Lipinski definition) is 4. The average molecular weight is 392 g/mol. The number of hydrogen-bond donors (Lipinski definition) is 1. The van der Waals surface area contributed by atoms with Crippen molar-refractivity contribution in [3.8, 4) is 10.6 Å². The molecule has 132 valence electrons. The molecule has 0 aliphatic rings. The van der Waals surface area contributed by atoms with E-state index in [1.807, 2.05) is 0 Å². The maximum absolute atomic E-state index is 13.6. The van der Waals surface area contributed by atoms with Crippen molar-refractivity contribution < 1.29 is 13.6 Å². The van der Waals surface area contributed by atoms with E-state index in [0.717, 1.165) is 11.8 Å². The van der Waals surface area contributed by atoms with E-state index in [1.165, 1.54) is 41.7 Å². The minimum absolute atomic E-state index is 0.0139. The molecule has 1 N–H and O–H groups in total. The van der Waals surface area contributed by atoms with Crippen molar-refractivity contribution in [1.29, 1.82) is 0 Å². The van der Waals surface area contributed by atoms with Crippen LogP contribution in [0, 0.1) is 11.6 Å². The summed E-state index contributed by atoms with van der Waals surface area (Å²) < 4.78 is 26.5. The first-order chi connectivity index (χ1) is 12.5. The van der Waals surface area contributed by atoms with Gasteiger partial charge in [0, 0.05) is 16.5 Å². The number of carbonyl (C=O) groups is 1. The third-order valence-corrected chi connectivity index (χ3v) is 4.64. The molecular weight excluding hydrogens is 380 g/mol. The molecule has 0 spiro atoms. The van der Waals surface area contributed by atoms with Crippen LogP contribution >= 0.6 is 22.9 Å². The minimum Gasteiger partial charge on any atom is -0.273 e. The summed E-state index contributed by atoms with van der Waals surface area (Å²) in [5, 5.41) is 6.35. The fourth-order valence-corrected chi connectivity index (χ4v) is 3.16. The topological polar surface area (TPSA) is 54.4 Å². The molecule has 3 aromatic rings. The van der Waals surface area contributed by atoms with Gasteiger partial charge in [-0.3, -0.25) is 4.79 Å². The highest BCUT2D eigenvalue weighted by Crippen LogP contribution is 2.24. The lowest BCUT2D eigenvalue weighted by Crippen LogP contribution is -2.20. The molecule has 0 unspecified atom stereocenters. The normalized spacial score (nSPS) is 11.0. The molecule has 0 aliphatic carbocycles. The molecule has 2 aromatic carbocycles. The van der Waals surface area contributed by atoms with E-state index in [1.54, 1.807) is 17.5 Å². The van der Waals surface area contributed by atoms with Gasteiger partial charge in [0.1, 0.15) is 16.6 Å². The van der Waals surface area contributed by atoms with Gasteiger partial charge >= 0.3 is 0 Å². The Hall–Kier alpha value is -2.64. The lowest BCUT2D eigenvalue weighted by molar-refractivity contribution is -0.120. The first-order valence-corrected chi connectivity index (χ1v) is 8.75. The van der Waals surface area contributed by atoms with E-state index >= 15 is 0 Å². The molecule has 1 aromatic heterocycles. The first-order valence-electron chi connectivity index (χ1n) is 7.49. The Morgan fingerprint density at radius 2 is 2.00 bits per heavy atom. The van der Waals surface area contributed by atoms with E-state index in [9.17, 15) is 13.6 Å². The van der Waals surface area contributed by atoms with Gasteiger partial charge in [0.05, 0.1) is 23.4 Å². The molecule has 0 fully saturated rings. The quantitative estimate of drug-likeness (QED) is 0.516. The van der Waals surface area contributed by atoms with Gasteiger partial charge in [0.25, 0.3) is 0 Å². The van der Waals surface area contributed by atoms with Crippen molar-refractivity contribution in [3.05, 3.63) is 75.8 Å². The van der Waals surface area contributed by atoms with Crippen LogP contribution in [0.15, 0.2) is 52.9 Å². The standard InChI is InChI=1S/C18H12ClF2N3OS/c19-15-2-1-3-16(21)14(15)9-22-24-17(25)8-13-10-26-18(23-13)11-4-6-12(20)7-5-11/h1-7,9-10H,8H2,(H,24,25)/b22-9-. The molecule has 0 saturated heterocycles. The van der Waals surface area contributed by atoms with Crippen molar-refractivity contribution >= 4 is 35.1 Å². The maximum atomic E-state index is 13.6. The number of nitrogens with zero attached hydrogens (tertiary/aromatic N) is 2.